The van der Waals surface area contributed by atoms with Crippen LogP contribution in [0.4, 0.5) is 5.69 Å². The van der Waals surface area contributed by atoms with E-state index in [4.69, 9.17) is 4.74 Å². The third kappa shape index (κ3) is 4.62. The maximum absolute atomic E-state index is 12.6. The summed E-state index contributed by atoms with van der Waals surface area (Å²) in [5.74, 6) is 1.48. The molecule has 0 aliphatic carbocycles. The molecule has 0 aromatic heterocycles. The Bertz CT molecular complexity index is 785. The zero-order valence-electron chi connectivity index (χ0n) is 16.8. The molecular weight excluding hydrogens is 336 g/mol. The van der Waals surface area contributed by atoms with Gasteiger partial charge in [0.15, 0.2) is 0 Å². The Morgan fingerprint density at radius 3 is 2.59 bits per heavy atom. The minimum Gasteiger partial charge on any atom is -0.496 e. The smallest absolute Gasteiger partial charge is 0.251 e. The summed E-state index contributed by atoms with van der Waals surface area (Å²) >= 11 is 0. The number of nitrogens with zero attached hydrogens (tertiary/aromatic N) is 1. The third-order valence-electron chi connectivity index (χ3n) is 5.42. The Labute approximate surface area is 162 Å². The van der Waals surface area contributed by atoms with Crippen molar-refractivity contribution >= 4 is 11.6 Å². The van der Waals surface area contributed by atoms with E-state index in [1.165, 1.54) is 18.5 Å². The summed E-state index contributed by atoms with van der Waals surface area (Å²) in [6.07, 6.45) is 2.58. The molecule has 4 heteroatoms. The lowest BCUT2D eigenvalue weighted by Gasteiger charge is -2.33. The molecule has 3 rings (SSSR count). The van der Waals surface area contributed by atoms with Crippen LogP contribution in [0.3, 0.4) is 0 Å². The maximum Gasteiger partial charge on any atom is 0.251 e. The van der Waals surface area contributed by atoms with Crippen molar-refractivity contribution in [2.24, 2.45) is 5.92 Å². The van der Waals surface area contributed by atoms with Crippen molar-refractivity contribution in [1.82, 2.24) is 5.32 Å². The molecular formula is C23H30N2O2. The number of carbonyl (C=O) groups excluding carboxylic acids is 1. The standard InChI is InChI=1S/C23H30N2O2/c1-16-6-5-13-25(15-16)21-10-7-19(8-11-21)18(3)24-23(26)20-9-12-22(27-4)17(2)14-20/h7-12,14,16,18H,5-6,13,15H2,1-4H3,(H,24,26). The number of nitrogens with one attached hydrogen (secondary N) is 1. The van der Waals surface area contributed by atoms with Gasteiger partial charge in [-0.05, 0) is 74.1 Å². The molecule has 0 radical (unpaired) electrons. The predicted octanol–water partition coefficient (Wildman–Crippen LogP) is 4.73. The lowest BCUT2D eigenvalue weighted by molar-refractivity contribution is 0.0940. The largest absolute Gasteiger partial charge is 0.496 e. The van der Waals surface area contributed by atoms with E-state index in [9.17, 15) is 4.79 Å². The van der Waals surface area contributed by atoms with E-state index >= 15 is 0 Å². The van der Waals surface area contributed by atoms with E-state index in [1.54, 1.807) is 13.2 Å². The number of benzene rings is 2. The van der Waals surface area contributed by atoms with Gasteiger partial charge in [-0.15, -0.1) is 0 Å². The highest BCUT2D eigenvalue weighted by Gasteiger charge is 2.17. The number of hydrogen-bond acceptors (Lipinski definition) is 3. The fourth-order valence-electron chi connectivity index (χ4n) is 3.78. The fourth-order valence-corrected chi connectivity index (χ4v) is 3.78. The second-order valence-electron chi connectivity index (χ2n) is 7.66. The first-order valence-electron chi connectivity index (χ1n) is 9.78. The van der Waals surface area contributed by atoms with Gasteiger partial charge in [-0.2, -0.15) is 0 Å². The van der Waals surface area contributed by atoms with E-state index in [1.807, 2.05) is 26.0 Å². The van der Waals surface area contributed by atoms with E-state index in [-0.39, 0.29) is 11.9 Å². The zero-order valence-corrected chi connectivity index (χ0v) is 16.8. The van der Waals surface area contributed by atoms with Crippen LogP contribution in [0, 0.1) is 12.8 Å². The van der Waals surface area contributed by atoms with Gasteiger partial charge in [-0.3, -0.25) is 4.79 Å². The van der Waals surface area contributed by atoms with Crippen LogP contribution in [-0.2, 0) is 0 Å². The zero-order chi connectivity index (χ0) is 19.4. The Balaban J connectivity index is 1.64. The number of ether oxygens (including phenoxy) is 1. The molecule has 0 bridgehead atoms. The Hall–Kier alpha value is -2.49. The maximum atomic E-state index is 12.6. The van der Waals surface area contributed by atoms with E-state index in [0.29, 0.717) is 5.56 Å². The number of anilines is 1. The predicted molar refractivity (Wildman–Crippen MR) is 111 cm³/mol. The highest BCUT2D eigenvalue weighted by molar-refractivity contribution is 5.94. The first-order chi connectivity index (χ1) is 13.0. The van der Waals surface area contributed by atoms with Crippen molar-refractivity contribution in [1.29, 1.82) is 0 Å². The molecule has 2 atom stereocenters. The van der Waals surface area contributed by atoms with Crippen molar-refractivity contribution in [3.05, 3.63) is 59.2 Å². The second kappa shape index (κ2) is 8.47. The lowest BCUT2D eigenvalue weighted by atomic mass is 9.99. The minimum absolute atomic E-state index is 0.0470. The molecule has 1 fully saturated rings. The van der Waals surface area contributed by atoms with Gasteiger partial charge in [0.25, 0.3) is 5.91 Å². The number of hydrogen-bond donors (Lipinski definition) is 1. The number of methoxy groups -OCH3 is 1. The molecule has 2 unspecified atom stereocenters. The molecule has 2 aromatic carbocycles. The summed E-state index contributed by atoms with van der Waals surface area (Å²) in [7, 11) is 1.64. The van der Waals surface area contributed by atoms with Crippen LogP contribution >= 0.6 is 0 Å². The lowest BCUT2D eigenvalue weighted by Crippen LogP contribution is -2.34. The van der Waals surface area contributed by atoms with Gasteiger partial charge < -0.3 is 15.0 Å². The van der Waals surface area contributed by atoms with Crippen LogP contribution in [0.25, 0.3) is 0 Å². The molecule has 27 heavy (non-hydrogen) atoms. The molecule has 1 amide bonds. The number of carbonyl (C=O) groups is 1. The van der Waals surface area contributed by atoms with Crippen LogP contribution in [0.5, 0.6) is 5.75 Å². The van der Waals surface area contributed by atoms with Crippen molar-refractivity contribution in [2.75, 3.05) is 25.1 Å². The second-order valence-corrected chi connectivity index (χ2v) is 7.66. The highest BCUT2D eigenvalue weighted by atomic mass is 16.5. The highest BCUT2D eigenvalue weighted by Crippen LogP contribution is 2.25. The van der Waals surface area contributed by atoms with Crippen LogP contribution in [0.15, 0.2) is 42.5 Å². The monoisotopic (exact) mass is 366 g/mol. The summed E-state index contributed by atoms with van der Waals surface area (Å²) in [6.45, 7) is 8.54. The van der Waals surface area contributed by atoms with E-state index in [0.717, 1.165) is 35.9 Å². The van der Waals surface area contributed by atoms with Gasteiger partial charge in [0.05, 0.1) is 13.2 Å². The van der Waals surface area contributed by atoms with Crippen LogP contribution in [0.1, 0.15) is 54.2 Å². The Morgan fingerprint density at radius 1 is 1.22 bits per heavy atom. The Morgan fingerprint density at radius 2 is 1.96 bits per heavy atom. The first kappa shape index (κ1) is 19.3. The summed E-state index contributed by atoms with van der Waals surface area (Å²) in [4.78, 5) is 15.0. The minimum atomic E-state index is -0.0674. The molecule has 4 nitrogen and oxygen atoms in total. The van der Waals surface area contributed by atoms with Crippen LogP contribution in [0.2, 0.25) is 0 Å². The summed E-state index contributed by atoms with van der Waals surface area (Å²) in [5.41, 5.74) is 3.99. The third-order valence-corrected chi connectivity index (χ3v) is 5.42. The van der Waals surface area contributed by atoms with Crippen LogP contribution < -0.4 is 15.0 Å². The SMILES string of the molecule is COc1ccc(C(=O)NC(C)c2ccc(N3CCCC(C)C3)cc2)cc1C. The van der Waals surface area contributed by atoms with Gasteiger partial charge in [-0.1, -0.05) is 19.1 Å². The molecule has 0 spiro atoms. The average Bonchev–Trinajstić information content (AvgIpc) is 2.68. The molecule has 1 saturated heterocycles. The topological polar surface area (TPSA) is 41.6 Å². The average molecular weight is 367 g/mol. The number of rotatable bonds is 5. The Kier molecular flexibility index (Phi) is 6.04. The van der Waals surface area contributed by atoms with Gasteiger partial charge in [0, 0.05) is 24.3 Å². The molecule has 1 aliphatic rings. The number of amides is 1. The first-order valence-corrected chi connectivity index (χ1v) is 9.78. The van der Waals surface area contributed by atoms with Gasteiger partial charge in [-0.25, -0.2) is 0 Å². The fraction of sp³-hybridized carbons (Fsp3) is 0.435. The van der Waals surface area contributed by atoms with Crippen molar-refractivity contribution in [3.8, 4) is 5.75 Å². The summed E-state index contributed by atoms with van der Waals surface area (Å²) < 4.78 is 5.26. The van der Waals surface area contributed by atoms with E-state index < -0.39 is 0 Å². The van der Waals surface area contributed by atoms with E-state index in [2.05, 4.69) is 41.4 Å². The molecule has 0 saturated carbocycles. The molecule has 1 N–H and O–H groups in total. The van der Waals surface area contributed by atoms with Crippen molar-refractivity contribution in [3.63, 3.8) is 0 Å². The van der Waals surface area contributed by atoms with Gasteiger partial charge in [0.2, 0.25) is 0 Å². The van der Waals surface area contributed by atoms with Gasteiger partial charge >= 0.3 is 0 Å². The van der Waals surface area contributed by atoms with Crippen molar-refractivity contribution in [2.45, 2.75) is 39.7 Å². The molecule has 1 heterocycles. The van der Waals surface area contributed by atoms with Gasteiger partial charge in [0.1, 0.15) is 5.75 Å². The molecule has 144 valence electrons. The number of piperidine rings is 1. The quantitative estimate of drug-likeness (QED) is 0.832. The molecule has 2 aromatic rings. The summed E-state index contributed by atoms with van der Waals surface area (Å²) in [5, 5.41) is 3.09. The normalized spacial score (nSPS) is 18.1. The van der Waals surface area contributed by atoms with Crippen molar-refractivity contribution < 1.29 is 9.53 Å². The number of aryl methyl sites for hydroxylation is 1. The van der Waals surface area contributed by atoms with Crippen LogP contribution in [-0.4, -0.2) is 26.1 Å². The molecule has 1 aliphatic heterocycles. The summed E-state index contributed by atoms with van der Waals surface area (Å²) in [6, 6.07) is 14.0.